The minimum atomic E-state index is 0.0640. The van der Waals surface area contributed by atoms with Crippen LogP contribution in [0, 0.1) is 12.3 Å². The summed E-state index contributed by atoms with van der Waals surface area (Å²) in [6.45, 7) is 16.3. The monoisotopic (exact) mass is 466 g/mol. The predicted molar refractivity (Wildman–Crippen MR) is 150 cm³/mol. The van der Waals surface area contributed by atoms with Crippen LogP contribution in [0.3, 0.4) is 0 Å². The first kappa shape index (κ1) is 23.1. The summed E-state index contributed by atoms with van der Waals surface area (Å²) in [7, 11) is 2.20. The van der Waals surface area contributed by atoms with Gasteiger partial charge in [0, 0.05) is 21.5 Å². The molecule has 34 heavy (non-hydrogen) atoms. The van der Waals surface area contributed by atoms with E-state index in [0.29, 0.717) is 0 Å². The van der Waals surface area contributed by atoms with Crippen molar-refractivity contribution in [3.63, 3.8) is 0 Å². The smallest absolute Gasteiger partial charge is 0.200 e. The number of thiophene rings is 1. The molecule has 0 N–H and O–H groups in total. The number of hydrogen-bond donors (Lipinski definition) is 0. The molecule has 0 fully saturated rings. The molecule has 0 amide bonds. The van der Waals surface area contributed by atoms with Gasteiger partial charge < -0.3 is 0 Å². The van der Waals surface area contributed by atoms with Crippen LogP contribution < -0.4 is 4.57 Å². The van der Waals surface area contributed by atoms with E-state index in [1.165, 1.54) is 58.9 Å². The molecule has 0 bridgehead atoms. The van der Waals surface area contributed by atoms with Gasteiger partial charge in [-0.25, -0.2) is 0 Å². The second-order valence-corrected chi connectivity index (χ2v) is 13.1. The molecule has 0 atom stereocenters. The second-order valence-electron chi connectivity index (χ2n) is 12.0. The van der Waals surface area contributed by atoms with Gasteiger partial charge in [-0.15, -0.1) is 11.3 Å². The quantitative estimate of drug-likeness (QED) is 0.229. The summed E-state index contributed by atoms with van der Waals surface area (Å²) in [4.78, 5) is 0. The third kappa shape index (κ3) is 3.82. The van der Waals surface area contributed by atoms with Crippen LogP contribution in [0.15, 0.2) is 60.8 Å². The summed E-state index contributed by atoms with van der Waals surface area (Å²) >= 11 is 1.97. The van der Waals surface area contributed by atoms with Crippen LogP contribution in [-0.4, -0.2) is 0 Å². The minimum absolute atomic E-state index is 0.0640. The zero-order valence-corrected chi connectivity index (χ0v) is 22.7. The molecule has 0 saturated heterocycles. The first-order valence-corrected chi connectivity index (χ1v) is 13.1. The molecule has 0 aliphatic rings. The lowest BCUT2D eigenvalue weighted by Gasteiger charge is -2.24. The number of aromatic nitrogens is 1. The molecule has 3 aromatic carbocycles. The van der Waals surface area contributed by atoms with Gasteiger partial charge in [0.25, 0.3) is 0 Å². The molecule has 174 valence electrons. The molecule has 0 aliphatic heterocycles. The normalized spacial score (nSPS) is 12.8. The van der Waals surface area contributed by atoms with Crippen molar-refractivity contribution in [3.8, 4) is 11.3 Å². The lowest BCUT2D eigenvalue weighted by Crippen LogP contribution is -2.30. The summed E-state index contributed by atoms with van der Waals surface area (Å²) in [5.41, 5.74) is 7.23. The molecule has 5 aromatic rings. The van der Waals surface area contributed by atoms with E-state index in [0.717, 1.165) is 6.42 Å². The van der Waals surface area contributed by atoms with E-state index in [2.05, 4.69) is 121 Å². The van der Waals surface area contributed by atoms with E-state index in [9.17, 15) is 0 Å². The Labute approximate surface area is 208 Å². The van der Waals surface area contributed by atoms with Crippen LogP contribution in [0.5, 0.6) is 0 Å². The number of benzene rings is 3. The molecule has 0 unspecified atom stereocenters. The van der Waals surface area contributed by atoms with Crippen molar-refractivity contribution in [2.75, 3.05) is 0 Å². The van der Waals surface area contributed by atoms with Gasteiger partial charge in [0.15, 0.2) is 6.20 Å². The topological polar surface area (TPSA) is 3.88 Å². The summed E-state index contributed by atoms with van der Waals surface area (Å²) in [5.74, 6) is 0. The Morgan fingerprint density at radius 1 is 0.765 bits per heavy atom. The highest BCUT2D eigenvalue weighted by atomic mass is 32.1. The molecule has 2 heteroatoms. The fourth-order valence-electron chi connectivity index (χ4n) is 5.37. The van der Waals surface area contributed by atoms with E-state index in [4.69, 9.17) is 0 Å². The van der Waals surface area contributed by atoms with Gasteiger partial charge >= 0.3 is 0 Å². The van der Waals surface area contributed by atoms with Gasteiger partial charge in [0.1, 0.15) is 11.7 Å². The largest absolute Gasteiger partial charge is 0.230 e. The summed E-state index contributed by atoms with van der Waals surface area (Å²) in [6.07, 6.45) is 3.33. The highest BCUT2D eigenvalue weighted by molar-refractivity contribution is 7.26. The van der Waals surface area contributed by atoms with Gasteiger partial charge in [0.05, 0.1) is 5.56 Å². The molecule has 0 spiro atoms. The molecule has 0 saturated carbocycles. The van der Waals surface area contributed by atoms with Crippen molar-refractivity contribution in [2.45, 2.75) is 60.3 Å². The fraction of sp³-hybridized carbons (Fsp3) is 0.344. The molecule has 0 radical (unpaired) electrons. The van der Waals surface area contributed by atoms with Crippen molar-refractivity contribution >= 4 is 42.3 Å². The summed E-state index contributed by atoms with van der Waals surface area (Å²) < 4.78 is 5.15. The fourth-order valence-corrected chi connectivity index (χ4v) is 6.77. The van der Waals surface area contributed by atoms with Crippen molar-refractivity contribution < 1.29 is 4.57 Å². The average molecular weight is 467 g/mol. The highest BCUT2D eigenvalue weighted by Crippen LogP contribution is 2.44. The maximum atomic E-state index is 2.47. The van der Waals surface area contributed by atoms with Crippen LogP contribution in [0.4, 0.5) is 0 Å². The minimum Gasteiger partial charge on any atom is -0.200 e. The zero-order chi connectivity index (χ0) is 24.4. The number of rotatable bonds is 2. The Morgan fingerprint density at radius 3 is 2.09 bits per heavy atom. The molecular weight excluding hydrogens is 430 g/mol. The predicted octanol–water partition coefficient (Wildman–Crippen LogP) is 8.89. The third-order valence-corrected chi connectivity index (χ3v) is 8.27. The standard InChI is InChI=1S/C32H36NS/c1-20-22-13-9-10-14-23(22)27(32(5,6)7)18-26(20)28-30-25(16-17-33(28)8)24-15-11-12-21(29(24)34-30)19-31(2,3)4/h9-18H,19H2,1-8H3/q+1. The Morgan fingerprint density at radius 2 is 1.41 bits per heavy atom. The van der Waals surface area contributed by atoms with Crippen LogP contribution >= 0.6 is 11.3 Å². The van der Waals surface area contributed by atoms with E-state index in [1.54, 1.807) is 0 Å². The third-order valence-electron chi connectivity index (χ3n) is 6.97. The van der Waals surface area contributed by atoms with E-state index < -0.39 is 0 Å². The number of pyridine rings is 1. The Kier molecular flexibility index (Phi) is 5.37. The summed E-state index contributed by atoms with van der Waals surface area (Å²) in [5, 5.41) is 5.48. The van der Waals surface area contributed by atoms with E-state index >= 15 is 0 Å². The molecule has 0 aliphatic carbocycles. The Bertz CT molecular complexity index is 1550. The number of aryl methyl sites for hydroxylation is 2. The lowest BCUT2D eigenvalue weighted by molar-refractivity contribution is -0.659. The van der Waals surface area contributed by atoms with Crippen molar-refractivity contribution in [2.24, 2.45) is 12.5 Å². The number of fused-ring (bicyclic) bond motifs is 4. The molecule has 2 heterocycles. The number of nitrogens with zero attached hydrogens (tertiary/aromatic N) is 1. The Hall–Kier alpha value is -2.71. The van der Waals surface area contributed by atoms with Crippen LogP contribution in [0.25, 0.3) is 42.2 Å². The van der Waals surface area contributed by atoms with E-state index in [1.807, 2.05) is 11.3 Å². The van der Waals surface area contributed by atoms with Gasteiger partial charge in [-0.05, 0) is 57.7 Å². The highest BCUT2D eigenvalue weighted by Gasteiger charge is 2.26. The van der Waals surface area contributed by atoms with Crippen LogP contribution in [-0.2, 0) is 18.9 Å². The van der Waals surface area contributed by atoms with Crippen LogP contribution in [0.1, 0.15) is 58.2 Å². The van der Waals surface area contributed by atoms with Gasteiger partial charge in [0.2, 0.25) is 5.69 Å². The maximum absolute atomic E-state index is 2.47. The second kappa shape index (κ2) is 7.92. The first-order chi connectivity index (χ1) is 16.0. The lowest BCUT2D eigenvalue weighted by atomic mass is 9.80. The van der Waals surface area contributed by atoms with Crippen molar-refractivity contribution in [1.29, 1.82) is 0 Å². The summed E-state index contributed by atoms with van der Waals surface area (Å²) in [6, 6.07) is 20.5. The SMILES string of the molecule is Cc1c(-c2c3sc4c(CC(C)(C)C)cccc4c3cc[n+]2C)cc(C(C)(C)C)c2ccccc12. The Balaban J connectivity index is 1.88. The van der Waals surface area contributed by atoms with Gasteiger partial charge in [-0.3, -0.25) is 0 Å². The van der Waals surface area contributed by atoms with Crippen molar-refractivity contribution in [3.05, 3.63) is 77.5 Å². The molecule has 2 aromatic heterocycles. The maximum Gasteiger partial charge on any atom is 0.230 e. The molecular formula is C32H36NS+. The van der Waals surface area contributed by atoms with Gasteiger partial charge in [-0.2, -0.15) is 4.57 Å². The first-order valence-electron chi connectivity index (χ1n) is 12.3. The van der Waals surface area contributed by atoms with Gasteiger partial charge in [-0.1, -0.05) is 84.0 Å². The molecule has 5 rings (SSSR count). The average Bonchev–Trinajstić information content (AvgIpc) is 3.12. The molecule has 1 nitrogen and oxygen atoms in total. The van der Waals surface area contributed by atoms with Crippen LogP contribution in [0.2, 0.25) is 0 Å². The van der Waals surface area contributed by atoms with E-state index in [-0.39, 0.29) is 10.8 Å². The van der Waals surface area contributed by atoms with Crippen molar-refractivity contribution in [1.82, 2.24) is 0 Å². The zero-order valence-electron chi connectivity index (χ0n) is 21.8. The number of hydrogen-bond acceptors (Lipinski definition) is 1.